The molecule has 0 aliphatic heterocycles. The number of aromatic nitrogens is 2. The van der Waals surface area contributed by atoms with Crippen molar-refractivity contribution in [3.63, 3.8) is 0 Å². The molecule has 1 atom stereocenters. The van der Waals surface area contributed by atoms with Gasteiger partial charge in [0.05, 0.1) is 30.0 Å². The number of fused-ring (bicyclic) bond motifs is 1. The molecule has 17 heavy (non-hydrogen) atoms. The molecule has 1 aliphatic carbocycles. The minimum Gasteiger partial charge on any atom is -0.391 e. The third kappa shape index (κ3) is 2.20. The third-order valence-electron chi connectivity index (χ3n) is 3.76. The number of aliphatic hydroxyl groups is 1. The predicted octanol–water partition coefficient (Wildman–Crippen LogP) is 2.59. The predicted molar refractivity (Wildman–Crippen MR) is 67.7 cm³/mol. The van der Waals surface area contributed by atoms with Crippen molar-refractivity contribution in [3.8, 4) is 0 Å². The van der Waals surface area contributed by atoms with Gasteiger partial charge in [0.1, 0.15) is 0 Å². The van der Waals surface area contributed by atoms with Crippen LogP contribution in [0.4, 0.5) is 0 Å². The maximum absolute atomic E-state index is 10.1. The van der Waals surface area contributed by atoms with Crippen molar-refractivity contribution >= 4 is 11.0 Å². The molecule has 3 heteroatoms. The summed E-state index contributed by atoms with van der Waals surface area (Å²) in [6.07, 6.45) is 6.45. The van der Waals surface area contributed by atoms with Crippen LogP contribution in [-0.4, -0.2) is 20.8 Å². The molecule has 1 heterocycles. The number of para-hydroxylation sites is 2. The molecular weight excluding hydrogens is 212 g/mol. The third-order valence-corrected chi connectivity index (χ3v) is 3.76. The summed E-state index contributed by atoms with van der Waals surface area (Å²) in [6, 6.07) is 8.06. The van der Waals surface area contributed by atoms with Crippen LogP contribution in [0.25, 0.3) is 11.0 Å². The van der Waals surface area contributed by atoms with Gasteiger partial charge in [-0.05, 0) is 24.5 Å². The molecule has 0 spiro atoms. The van der Waals surface area contributed by atoms with Gasteiger partial charge < -0.3 is 9.67 Å². The van der Waals surface area contributed by atoms with E-state index < -0.39 is 0 Å². The summed E-state index contributed by atoms with van der Waals surface area (Å²) in [6.45, 7) is 0.664. The molecule has 1 fully saturated rings. The normalized spacial score (nSPS) is 18.2. The Morgan fingerprint density at radius 2 is 2.18 bits per heavy atom. The number of nitrogens with zero attached hydrogens (tertiary/aromatic N) is 2. The summed E-state index contributed by atoms with van der Waals surface area (Å²) in [7, 11) is 0. The molecule has 2 aromatic rings. The van der Waals surface area contributed by atoms with E-state index in [0.29, 0.717) is 6.54 Å². The SMILES string of the molecule is OC(CC1CCC1)Cn1cnc2ccccc21. The molecule has 3 rings (SSSR count). The molecule has 1 aromatic carbocycles. The molecule has 1 N–H and O–H groups in total. The smallest absolute Gasteiger partial charge is 0.0959 e. The summed E-state index contributed by atoms with van der Waals surface area (Å²) >= 11 is 0. The van der Waals surface area contributed by atoms with E-state index in [9.17, 15) is 5.11 Å². The van der Waals surface area contributed by atoms with Crippen LogP contribution in [0.2, 0.25) is 0 Å². The summed E-state index contributed by atoms with van der Waals surface area (Å²) in [5, 5.41) is 10.1. The van der Waals surface area contributed by atoms with E-state index in [1.165, 1.54) is 19.3 Å². The van der Waals surface area contributed by atoms with E-state index in [4.69, 9.17) is 0 Å². The van der Waals surface area contributed by atoms with Gasteiger partial charge in [-0.1, -0.05) is 31.4 Å². The zero-order chi connectivity index (χ0) is 11.7. The molecular formula is C14H18N2O. The molecule has 1 aromatic heterocycles. The number of hydrogen-bond acceptors (Lipinski definition) is 2. The maximum Gasteiger partial charge on any atom is 0.0959 e. The van der Waals surface area contributed by atoms with E-state index in [0.717, 1.165) is 23.4 Å². The van der Waals surface area contributed by atoms with Crippen LogP contribution in [0.5, 0.6) is 0 Å². The molecule has 1 unspecified atom stereocenters. The zero-order valence-electron chi connectivity index (χ0n) is 9.92. The first-order chi connectivity index (χ1) is 8.33. The lowest BCUT2D eigenvalue weighted by Gasteiger charge is -2.27. The van der Waals surface area contributed by atoms with Crippen molar-refractivity contribution in [3.05, 3.63) is 30.6 Å². The zero-order valence-corrected chi connectivity index (χ0v) is 9.92. The Hall–Kier alpha value is -1.35. The van der Waals surface area contributed by atoms with Gasteiger partial charge in [0.25, 0.3) is 0 Å². The maximum atomic E-state index is 10.1. The van der Waals surface area contributed by atoms with E-state index in [1.54, 1.807) is 0 Å². The van der Waals surface area contributed by atoms with E-state index >= 15 is 0 Å². The lowest BCUT2D eigenvalue weighted by molar-refractivity contribution is 0.103. The van der Waals surface area contributed by atoms with Gasteiger partial charge in [-0.3, -0.25) is 0 Å². The average molecular weight is 230 g/mol. The van der Waals surface area contributed by atoms with Crippen molar-refractivity contribution < 1.29 is 5.11 Å². The first kappa shape index (κ1) is 10.8. The summed E-state index contributed by atoms with van der Waals surface area (Å²) in [5.41, 5.74) is 2.11. The van der Waals surface area contributed by atoms with Gasteiger partial charge >= 0.3 is 0 Å². The van der Waals surface area contributed by atoms with Gasteiger partial charge in [0.15, 0.2) is 0 Å². The van der Waals surface area contributed by atoms with Crippen LogP contribution >= 0.6 is 0 Å². The first-order valence-electron chi connectivity index (χ1n) is 6.41. The van der Waals surface area contributed by atoms with E-state index in [1.807, 2.05) is 24.5 Å². The molecule has 0 saturated heterocycles. The van der Waals surface area contributed by atoms with Gasteiger partial charge in [-0.2, -0.15) is 0 Å². The average Bonchev–Trinajstić information content (AvgIpc) is 2.68. The largest absolute Gasteiger partial charge is 0.391 e. The van der Waals surface area contributed by atoms with Gasteiger partial charge in [-0.25, -0.2) is 4.98 Å². The summed E-state index contributed by atoms with van der Waals surface area (Å²) < 4.78 is 2.05. The lowest BCUT2D eigenvalue weighted by Crippen LogP contribution is -2.23. The Morgan fingerprint density at radius 1 is 1.35 bits per heavy atom. The van der Waals surface area contributed by atoms with Crippen molar-refractivity contribution in [2.75, 3.05) is 0 Å². The van der Waals surface area contributed by atoms with Crippen molar-refractivity contribution in [2.24, 2.45) is 5.92 Å². The summed E-state index contributed by atoms with van der Waals surface area (Å²) in [5.74, 6) is 0.750. The molecule has 1 aliphatic rings. The van der Waals surface area contributed by atoms with Crippen molar-refractivity contribution in [1.29, 1.82) is 0 Å². The second-order valence-electron chi connectivity index (χ2n) is 5.07. The number of imidazole rings is 1. The summed E-state index contributed by atoms with van der Waals surface area (Å²) in [4.78, 5) is 4.34. The van der Waals surface area contributed by atoms with Gasteiger partial charge in [-0.15, -0.1) is 0 Å². The number of hydrogen-bond donors (Lipinski definition) is 1. The topological polar surface area (TPSA) is 38.0 Å². The number of aliphatic hydroxyl groups excluding tert-OH is 1. The highest BCUT2D eigenvalue weighted by molar-refractivity contribution is 5.74. The standard InChI is InChI=1S/C14H18N2O/c17-12(8-11-4-3-5-11)9-16-10-15-13-6-1-2-7-14(13)16/h1-2,6-7,10-12,17H,3-5,8-9H2. The fourth-order valence-corrected chi connectivity index (χ4v) is 2.57. The van der Waals surface area contributed by atoms with Crippen LogP contribution in [0.3, 0.4) is 0 Å². The minimum atomic E-state index is -0.238. The number of rotatable bonds is 4. The van der Waals surface area contributed by atoms with Crippen molar-refractivity contribution in [1.82, 2.24) is 9.55 Å². The quantitative estimate of drug-likeness (QED) is 0.876. The van der Waals surface area contributed by atoms with E-state index in [2.05, 4.69) is 15.6 Å². The van der Waals surface area contributed by atoms with Gasteiger partial charge in [0.2, 0.25) is 0 Å². The first-order valence-corrected chi connectivity index (χ1v) is 6.41. The second-order valence-corrected chi connectivity index (χ2v) is 5.07. The van der Waals surface area contributed by atoms with Crippen LogP contribution in [0.1, 0.15) is 25.7 Å². The van der Waals surface area contributed by atoms with Crippen molar-refractivity contribution in [2.45, 2.75) is 38.3 Å². The molecule has 0 bridgehead atoms. The molecule has 3 nitrogen and oxygen atoms in total. The molecule has 1 saturated carbocycles. The minimum absolute atomic E-state index is 0.238. The Balaban J connectivity index is 1.71. The molecule has 90 valence electrons. The lowest BCUT2D eigenvalue weighted by atomic mass is 9.81. The highest BCUT2D eigenvalue weighted by Gasteiger charge is 2.21. The van der Waals surface area contributed by atoms with Crippen LogP contribution < -0.4 is 0 Å². The molecule has 0 amide bonds. The second kappa shape index (κ2) is 4.49. The fourth-order valence-electron chi connectivity index (χ4n) is 2.57. The Labute approximate surface area is 101 Å². The Morgan fingerprint density at radius 3 is 2.94 bits per heavy atom. The van der Waals surface area contributed by atoms with Crippen LogP contribution in [-0.2, 0) is 6.54 Å². The van der Waals surface area contributed by atoms with Crippen LogP contribution in [0, 0.1) is 5.92 Å². The fraction of sp³-hybridized carbons (Fsp3) is 0.500. The monoisotopic (exact) mass is 230 g/mol. The Kier molecular flexibility index (Phi) is 2.85. The van der Waals surface area contributed by atoms with E-state index in [-0.39, 0.29) is 6.10 Å². The molecule has 0 radical (unpaired) electrons. The van der Waals surface area contributed by atoms with Gasteiger partial charge in [0, 0.05) is 0 Å². The number of benzene rings is 1. The van der Waals surface area contributed by atoms with Crippen LogP contribution in [0.15, 0.2) is 30.6 Å². The highest BCUT2D eigenvalue weighted by Crippen LogP contribution is 2.30. The highest BCUT2D eigenvalue weighted by atomic mass is 16.3. The Bertz CT molecular complexity index is 502.